The van der Waals surface area contributed by atoms with Gasteiger partial charge in [-0.15, -0.1) is 0 Å². The molecule has 0 spiro atoms. The van der Waals surface area contributed by atoms with Crippen molar-refractivity contribution in [2.75, 3.05) is 20.2 Å². The third-order valence-corrected chi connectivity index (χ3v) is 4.64. The highest BCUT2D eigenvalue weighted by atomic mass is 16.5. The molecule has 4 nitrogen and oxygen atoms in total. The van der Waals surface area contributed by atoms with Gasteiger partial charge in [-0.1, -0.05) is 24.3 Å². The number of benzene rings is 1. The molecule has 1 aromatic rings. The molecule has 2 atom stereocenters. The second-order valence-electron chi connectivity index (χ2n) is 6.09. The maximum absolute atomic E-state index is 12.6. The fraction of sp³-hybridized carbons (Fsp3) is 0.588. The Hall–Kier alpha value is -1.39. The molecule has 0 aromatic heterocycles. The molecular weight excluding hydrogens is 264 g/mol. The third kappa shape index (κ3) is 3.44. The molecule has 1 saturated heterocycles. The summed E-state index contributed by atoms with van der Waals surface area (Å²) in [5.41, 5.74) is 2.70. The molecule has 0 radical (unpaired) electrons. The van der Waals surface area contributed by atoms with Crippen LogP contribution in [-0.4, -0.2) is 43.2 Å². The van der Waals surface area contributed by atoms with Crippen LogP contribution in [0, 0.1) is 0 Å². The minimum absolute atomic E-state index is 0.257. The van der Waals surface area contributed by atoms with Gasteiger partial charge in [0.05, 0.1) is 6.10 Å². The van der Waals surface area contributed by atoms with E-state index in [9.17, 15) is 4.79 Å². The Morgan fingerprint density at radius 3 is 2.95 bits per heavy atom. The molecule has 1 N–H and O–H groups in total. The molecule has 3 rings (SSSR count). The number of carbonyl (C=O) groups excluding carboxylic acids is 1. The molecule has 0 aliphatic carbocycles. The van der Waals surface area contributed by atoms with Crippen LogP contribution in [0.4, 0.5) is 0 Å². The summed E-state index contributed by atoms with van der Waals surface area (Å²) in [5.74, 6) is 0.265. The number of nitrogens with zero attached hydrogens (tertiary/aromatic N) is 1. The SMILES string of the molecule is CO[C@@H]1CN[C@H](CC(=O)N2CCCc3ccccc3C2)C1. The van der Waals surface area contributed by atoms with Gasteiger partial charge < -0.3 is 15.0 Å². The van der Waals surface area contributed by atoms with E-state index in [-0.39, 0.29) is 18.1 Å². The van der Waals surface area contributed by atoms with Gasteiger partial charge in [0.15, 0.2) is 0 Å². The standard InChI is InChI=1S/C17H24N2O2/c1-21-16-9-15(18-11-16)10-17(20)19-8-4-7-13-5-2-3-6-14(13)12-19/h2-3,5-6,15-16,18H,4,7-12H2,1H3/t15-,16-/m0/s1. The summed E-state index contributed by atoms with van der Waals surface area (Å²) in [5, 5.41) is 3.39. The normalized spacial score (nSPS) is 25.5. The topological polar surface area (TPSA) is 41.6 Å². The molecule has 0 saturated carbocycles. The van der Waals surface area contributed by atoms with E-state index in [2.05, 4.69) is 29.6 Å². The van der Waals surface area contributed by atoms with Gasteiger partial charge in [0.2, 0.25) is 5.91 Å². The Balaban J connectivity index is 1.60. The lowest BCUT2D eigenvalue weighted by Gasteiger charge is -2.22. The van der Waals surface area contributed by atoms with Gasteiger partial charge in [0, 0.05) is 39.2 Å². The summed E-state index contributed by atoms with van der Waals surface area (Å²) in [6, 6.07) is 8.75. The second kappa shape index (κ2) is 6.58. The third-order valence-electron chi connectivity index (χ3n) is 4.64. The molecular formula is C17H24N2O2. The summed E-state index contributed by atoms with van der Waals surface area (Å²) in [6.07, 6.45) is 3.91. The van der Waals surface area contributed by atoms with Gasteiger partial charge in [-0.3, -0.25) is 4.79 Å². The average Bonchev–Trinajstić information content (AvgIpc) is 2.83. The predicted octanol–water partition coefficient (Wildman–Crippen LogP) is 1.73. The quantitative estimate of drug-likeness (QED) is 0.921. The Labute approximate surface area is 126 Å². The van der Waals surface area contributed by atoms with Gasteiger partial charge in [-0.2, -0.15) is 0 Å². The Morgan fingerprint density at radius 2 is 2.19 bits per heavy atom. The van der Waals surface area contributed by atoms with Crippen LogP contribution >= 0.6 is 0 Å². The van der Waals surface area contributed by atoms with Crippen LogP contribution in [0.2, 0.25) is 0 Å². The molecule has 21 heavy (non-hydrogen) atoms. The fourth-order valence-electron chi connectivity index (χ4n) is 3.37. The van der Waals surface area contributed by atoms with E-state index in [1.165, 1.54) is 11.1 Å². The minimum Gasteiger partial charge on any atom is -0.380 e. The van der Waals surface area contributed by atoms with Crippen molar-refractivity contribution < 1.29 is 9.53 Å². The van der Waals surface area contributed by atoms with E-state index in [1.54, 1.807) is 7.11 Å². The molecule has 2 aliphatic rings. The van der Waals surface area contributed by atoms with Crippen molar-refractivity contribution >= 4 is 5.91 Å². The predicted molar refractivity (Wildman–Crippen MR) is 82.0 cm³/mol. The first-order valence-electron chi connectivity index (χ1n) is 7.87. The number of hydrogen-bond donors (Lipinski definition) is 1. The number of ether oxygens (including phenoxy) is 1. The van der Waals surface area contributed by atoms with Crippen LogP contribution < -0.4 is 5.32 Å². The number of hydrogen-bond acceptors (Lipinski definition) is 3. The molecule has 1 aromatic carbocycles. The van der Waals surface area contributed by atoms with E-state index in [4.69, 9.17) is 4.74 Å². The zero-order valence-electron chi connectivity index (χ0n) is 12.7. The minimum atomic E-state index is 0.257. The van der Waals surface area contributed by atoms with Crippen molar-refractivity contribution in [2.45, 2.75) is 44.4 Å². The first kappa shape index (κ1) is 14.5. The number of rotatable bonds is 3. The lowest BCUT2D eigenvalue weighted by Crippen LogP contribution is -2.35. The maximum Gasteiger partial charge on any atom is 0.224 e. The molecule has 2 aliphatic heterocycles. The van der Waals surface area contributed by atoms with E-state index in [0.29, 0.717) is 6.42 Å². The Bertz CT molecular complexity index is 503. The highest BCUT2D eigenvalue weighted by Gasteiger charge is 2.28. The van der Waals surface area contributed by atoms with Crippen molar-refractivity contribution in [3.05, 3.63) is 35.4 Å². The summed E-state index contributed by atoms with van der Waals surface area (Å²) in [7, 11) is 1.74. The molecule has 1 amide bonds. The summed E-state index contributed by atoms with van der Waals surface area (Å²) < 4.78 is 5.35. The fourth-order valence-corrected chi connectivity index (χ4v) is 3.37. The molecule has 114 valence electrons. The highest BCUT2D eigenvalue weighted by molar-refractivity contribution is 5.77. The zero-order valence-corrected chi connectivity index (χ0v) is 12.7. The van der Waals surface area contributed by atoms with Gasteiger partial charge in [0.25, 0.3) is 0 Å². The summed E-state index contributed by atoms with van der Waals surface area (Å²) in [6.45, 7) is 2.49. The van der Waals surface area contributed by atoms with Gasteiger partial charge in [-0.05, 0) is 30.4 Å². The zero-order chi connectivity index (χ0) is 14.7. The number of fused-ring (bicyclic) bond motifs is 1. The lowest BCUT2D eigenvalue weighted by atomic mass is 10.0. The van der Waals surface area contributed by atoms with Crippen LogP contribution in [0.3, 0.4) is 0 Å². The van der Waals surface area contributed by atoms with Crippen molar-refractivity contribution in [3.8, 4) is 0 Å². The van der Waals surface area contributed by atoms with Gasteiger partial charge in [0.1, 0.15) is 0 Å². The smallest absolute Gasteiger partial charge is 0.224 e. The van der Waals surface area contributed by atoms with Crippen molar-refractivity contribution in [1.82, 2.24) is 10.2 Å². The summed E-state index contributed by atoms with van der Waals surface area (Å²) in [4.78, 5) is 14.6. The average molecular weight is 288 g/mol. The molecule has 2 heterocycles. The maximum atomic E-state index is 12.6. The summed E-state index contributed by atoms with van der Waals surface area (Å²) >= 11 is 0. The second-order valence-corrected chi connectivity index (χ2v) is 6.09. The number of nitrogens with one attached hydrogen (secondary N) is 1. The first-order valence-corrected chi connectivity index (χ1v) is 7.87. The molecule has 4 heteroatoms. The Kier molecular flexibility index (Phi) is 4.56. The van der Waals surface area contributed by atoms with Crippen LogP contribution in [0.15, 0.2) is 24.3 Å². The van der Waals surface area contributed by atoms with Crippen molar-refractivity contribution in [2.24, 2.45) is 0 Å². The monoisotopic (exact) mass is 288 g/mol. The lowest BCUT2D eigenvalue weighted by molar-refractivity contribution is -0.132. The van der Waals surface area contributed by atoms with Crippen LogP contribution in [0.5, 0.6) is 0 Å². The van der Waals surface area contributed by atoms with Crippen molar-refractivity contribution in [3.63, 3.8) is 0 Å². The number of methoxy groups -OCH3 is 1. The number of amides is 1. The van der Waals surface area contributed by atoms with Crippen LogP contribution in [0.25, 0.3) is 0 Å². The highest BCUT2D eigenvalue weighted by Crippen LogP contribution is 2.20. The molecule has 1 fully saturated rings. The Morgan fingerprint density at radius 1 is 1.38 bits per heavy atom. The molecule has 0 bridgehead atoms. The molecule has 0 unspecified atom stereocenters. The van der Waals surface area contributed by atoms with Crippen LogP contribution in [-0.2, 0) is 22.5 Å². The van der Waals surface area contributed by atoms with Crippen molar-refractivity contribution in [1.29, 1.82) is 0 Å². The van der Waals surface area contributed by atoms with Gasteiger partial charge >= 0.3 is 0 Å². The van der Waals surface area contributed by atoms with E-state index >= 15 is 0 Å². The van der Waals surface area contributed by atoms with Crippen LogP contribution in [0.1, 0.15) is 30.4 Å². The number of carbonyl (C=O) groups is 1. The van der Waals surface area contributed by atoms with E-state index in [1.807, 2.05) is 4.90 Å². The largest absolute Gasteiger partial charge is 0.380 e. The van der Waals surface area contributed by atoms with E-state index < -0.39 is 0 Å². The first-order chi connectivity index (χ1) is 10.3. The van der Waals surface area contributed by atoms with Gasteiger partial charge in [-0.25, -0.2) is 0 Å². The van der Waals surface area contributed by atoms with E-state index in [0.717, 1.165) is 38.9 Å². The number of aryl methyl sites for hydroxylation is 1.